The van der Waals surface area contributed by atoms with Gasteiger partial charge in [-0.25, -0.2) is 4.98 Å². The summed E-state index contributed by atoms with van der Waals surface area (Å²) in [6.45, 7) is 6.52. The van der Waals surface area contributed by atoms with Gasteiger partial charge < -0.3 is 19.5 Å². The van der Waals surface area contributed by atoms with E-state index in [-0.39, 0.29) is 17.9 Å². The monoisotopic (exact) mass is 308 g/mol. The van der Waals surface area contributed by atoms with Gasteiger partial charge in [0.15, 0.2) is 0 Å². The van der Waals surface area contributed by atoms with Crippen LogP contribution in [-0.4, -0.2) is 53.1 Å². The number of hydrogen-bond acceptors (Lipinski definition) is 4. The third-order valence-corrected chi connectivity index (χ3v) is 4.65. The highest BCUT2D eigenvalue weighted by Crippen LogP contribution is 2.33. The van der Waals surface area contributed by atoms with Crippen LogP contribution in [0, 0.1) is 5.92 Å². The van der Waals surface area contributed by atoms with Crippen molar-refractivity contribution < 1.29 is 9.53 Å². The molecule has 1 unspecified atom stereocenters. The fraction of sp³-hybridized carbons (Fsp3) is 0.750. The Morgan fingerprint density at radius 2 is 2.41 bits per heavy atom. The second-order valence-electron chi connectivity index (χ2n) is 6.11. The van der Waals surface area contributed by atoms with Crippen LogP contribution in [0.25, 0.3) is 0 Å². The average molecular weight is 308 g/mol. The fourth-order valence-corrected chi connectivity index (χ4v) is 2.78. The Labute approximate surface area is 132 Å². The van der Waals surface area contributed by atoms with Crippen molar-refractivity contribution in [3.8, 4) is 0 Å². The molecular weight excluding hydrogens is 280 g/mol. The maximum atomic E-state index is 12.4. The van der Waals surface area contributed by atoms with Gasteiger partial charge in [0, 0.05) is 45.2 Å². The summed E-state index contributed by atoms with van der Waals surface area (Å²) in [5.74, 6) is 0.757. The van der Waals surface area contributed by atoms with E-state index in [4.69, 9.17) is 4.74 Å². The molecule has 1 fully saturated rings. The van der Waals surface area contributed by atoms with Crippen LogP contribution in [0.3, 0.4) is 0 Å². The molecule has 0 spiro atoms. The van der Waals surface area contributed by atoms with Crippen molar-refractivity contribution >= 4 is 5.91 Å². The number of carbonyl (C=O) groups excluding carboxylic acids is 1. The molecule has 2 heterocycles. The highest BCUT2D eigenvalue weighted by molar-refractivity contribution is 5.79. The quantitative estimate of drug-likeness (QED) is 0.826. The van der Waals surface area contributed by atoms with Crippen molar-refractivity contribution in [2.45, 2.75) is 38.8 Å². The summed E-state index contributed by atoms with van der Waals surface area (Å²) < 4.78 is 7.66. The Hall–Kier alpha value is -1.40. The number of aryl methyl sites for hydroxylation is 1. The lowest BCUT2D eigenvalue weighted by Gasteiger charge is -2.24. The van der Waals surface area contributed by atoms with Gasteiger partial charge in [-0.05, 0) is 26.8 Å². The van der Waals surface area contributed by atoms with E-state index < -0.39 is 0 Å². The van der Waals surface area contributed by atoms with Gasteiger partial charge in [-0.1, -0.05) is 6.92 Å². The highest BCUT2D eigenvalue weighted by Gasteiger charge is 2.37. The zero-order valence-corrected chi connectivity index (χ0v) is 14.1. The molecule has 22 heavy (non-hydrogen) atoms. The van der Waals surface area contributed by atoms with Gasteiger partial charge in [0.25, 0.3) is 0 Å². The summed E-state index contributed by atoms with van der Waals surface area (Å²) in [6, 6.07) is 0.534. The summed E-state index contributed by atoms with van der Waals surface area (Å²) in [7, 11) is 4.02. The first-order valence-corrected chi connectivity index (χ1v) is 8.11. The predicted octanol–water partition coefficient (Wildman–Crippen LogP) is 1.34. The van der Waals surface area contributed by atoms with Crippen molar-refractivity contribution in [3.63, 3.8) is 0 Å². The summed E-state index contributed by atoms with van der Waals surface area (Å²) in [5.41, 5.74) is 0. The smallest absolute Gasteiger partial charge is 0.226 e. The van der Waals surface area contributed by atoms with Gasteiger partial charge in [-0.15, -0.1) is 0 Å². The Morgan fingerprint density at radius 1 is 1.64 bits per heavy atom. The molecule has 0 aromatic carbocycles. The molecule has 0 saturated carbocycles. The van der Waals surface area contributed by atoms with Crippen molar-refractivity contribution in [2.24, 2.45) is 13.0 Å². The highest BCUT2D eigenvalue weighted by atomic mass is 16.5. The normalized spacial score (nSPS) is 23.0. The topological polar surface area (TPSA) is 59.4 Å². The van der Waals surface area contributed by atoms with Crippen LogP contribution >= 0.6 is 0 Å². The number of carbonyl (C=O) groups is 1. The molecule has 6 heteroatoms. The van der Waals surface area contributed by atoms with Crippen LogP contribution < -0.4 is 5.32 Å². The number of aromatic nitrogens is 2. The molecule has 1 N–H and O–H groups in total. The molecule has 1 aromatic rings. The summed E-state index contributed by atoms with van der Waals surface area (Å²) >= 11 is 0. The Kier molecular flexibility index (Phi) is 5.97. The van der Waals surface area contributed by atoms with Crippen LogP contribution in [0.5, 0.6) is 0 Å². The van der Waals surface area contributed by atoms with Crippen LogP contribution in [0.2, 0.25) is 0 Å². The minimum absolute atomic E-state index is 0.0723. The number of hydrogen-bond donors (Lipinski definition) is 1. The third kappa shape index (κ3) is 3.87. The third-order valence-electron chi connectivity index (χ3n) is 4.65. The van der Waals surface area contributed by atoms with Crippen molar-refractivity contribution in [2.75, 3.05) is 26.7 Å². The van der Waals surface area contributed by atoms with E-state index in [0.29, 0.717) is 19.2 Å². The van der Waals surface area contributed by atoms with Crippen LogP contribution in [-0.2, 0) is 16.6 Å². The molecule has 0 radical (unpaired) electrons. The minimum atomic E-state index is -0.229. The first kappa shape index (κ1) is 17.0. The van der Waals surface area contributed by atoms with Gasteiger partial charge >= 0.3 is 0 Å². The van der Waals surface area contributed by atoms with E-state index in [1.165, 1.54) is 0 Å². The second-order valence-corrected chi connectivity index (χ2v) is 6.11. The molecule has 0 bridgehead atoms. The van der Waals surface area contributed by atoms with Crippen molar-refractivity contribution in [1.29, 1.82) is 0 Å². The predicted molar refractivity (Wildman–Crippen MR) is 85.4 cm³/mol. The van der Waals surface area contributed by atoms with Gasteiger partial charge in [-0.2, -0.15) is 0 Å². The molecule has 3 atom stereocenters. The van der Waals surface area contributed by atoms with E-state index in [1.807, 2.05) is 17.8 Å². The zero-order valence-electron chi connectivity index (χ0n) is 14.1. The molecule has 1 amide bonds. The molecule has 0 aliphatic carbocycles. The van der Waals surface area contributed by atoms with E-state index in [1.54, 1.807) is 6.20 Å². The fourth-order valence-electron chi connectivity index (χ4n) is 2.78. The van der Waals surface area contributed by atoms with Gasteiger partial charge in [-0.3, -0.25) is 4.79 Å². The van der Waals surface area contributed by atoms with E-state index in [0.717, 1.165) is 25.2 Å². The maximum absolute atomic E-state index is 12.4. The Bertz CT molecular complexity index is 488. The average Bonchev–Trinajstić information content (AvgIpc) is 3.14. The van der Waals surface area contributed by atoms with Gasteiger partial charge in [0.05, 0.1) is 5.92 Å². The Balaban J connectivity index is 1.85. The van der Waals surface area contributed by atoms with E-state index in [9.17, 15) is 4.79 Å². The minimum Gasteiger partial charge on any atom is -0.369 e. The largest absolute Gasteiger partial charge is 0.369 e. The van der Waals surface area contributed by atoms with E-state index in [2.05, 4.69) is 36.1 Å². The number of nitrogens with one attached hydrogen (secondary N) is 1. The number of amides is 1. The first-order valence-electron chi connectivity index (χ1n) is 8.11. The summed E-state index contributed by atoms with van der Waals surface area (Å²) in [4.78, 5) is 19.0. The van der Waals surface area contributed by atoms with Crippen LogP contribution in [0.4, 0.5) is 0 Å². The maximum Gasteiger partial charge on any atom is 0.226 e. The molecule has 2 rings (SSSR count). The standard InChI is InChI=1S/C16H28N4O2/c1-5-12(2)19(3)9-8-18-16(21)13-6-11-22-14(13)15-17-7-10-20(15)4/h7,10,12-14H,5-6,8-9,11H2,1-4H3,(H,18,21)/t12?,13-,14-/m1/s1. The number of rotatable bonds is 7. The molecule has 1 saturated heterocycles. The molecule has 1 aromatic heterocycles. The second kappa shape index (κ2) is 7.74. The summed E-state index contributed by atoms with van der Waals surface area (Å²) in [6.07, 6.45) is 5.26. The first-order chi connectivity index (χ1) is 10.5. The molecular formula is C16H28N4O2. The lowest BCUT2D eigenvalue weighted by Crippen LogP contribution is -2.39. The molecule has 1 aliphatic rings. The lowest BCUT2D eigenvalue weighted by molar-refractivity contribution is -0.127. The van der Waals surface area contributed by atoms with Gasteiger partial charge in [0.2, 0.25) is 5.91 Å². The lowest BCUT2D eigenvalue weighted by atomic mass is 10.00. The number of ether oxygens (including phenoxy) is 1. The van der Waals surface area contributed by atoms with E-state index >= 15 is 0 Å². The van der Waals surface area contributed by atoms with Crippen LogP contribution in [0.1, 0.15) is 38.6 Å². The number of nitrogens with zero attached hydrogens (tertiary/aromatic N) is 3. The van der Waals surface area contributed by atoms with Crippen LogP contribution in [0.15, 0.2) is 12.4 Å². The Morgan fingerprint density at radius 3 is 3.05 bits per heavy atom. The molecule has 6 nitrogen and oxygen atoms in total. The molecule has 1 aliphatic heterocycles. The SMILES string of the molecule is CCC(C)N(C)CCNC(=O)[C@@H]1CCO[C@H]1c1nccn1C. The van der Waals surface area contributed by atoms with Gasteiger partial charge in [0.1, 0.15) is 11.9 Å². The number of imidazole rings is 1. The van der Waals surface area contributed by atoms with Crippen molar-refractivity contribution in [3.05, 3.63) is 18.2 Å². The van der Waals surface area contributed by atoms with Crippen molar-refractivity contribution in [1.82, 2.24) is 19.8 Å². The molecule has 124 valence electrons. The summed E-state index contributed by atoms with van der Waals surface area (Å²) in [5, 5.41) is 3.05. The number of likely N-dealkylation sites (N-methyl/N-ethyl adjacent to an activating group) is 1. The zero-order chi connectivity index (χ0) is 16.1.